The van der Waals surface area contributed by atoms with E-state index in [1.54, 1.807) is 14.0 Å². The molecule has 0 radical (unpaired) electrons. The molecule has 0 rings (SSSR count). The van der Waals surface area contributed by atoms with E-state index >= 15 is 0 Å². The molecule has 0 aromatic heterocycles. The van der Waals surface area contributed by atoms with E-state index in [2.05, 4.69) is 0 Å². The lowest BCUT2D eigenvalue weighted by Crippen LogP contribution is -2.39. The summed E-state index contributed by atoms with van der Waals surface area (Å²) in [5, 5.41) is 17.4. The van der Waals surface area contributed by atoms with E-state index < -0.39 is 11.4 Å². The molecule has 0 aliphatic rings. The zero-order valence-corrected chi connectivity index (χ0v) is 10.1. The fourth-order valence-electron chi connectivity index (χ4n) is 1.09. The zero-order chi connectivity index (χ0) is 12.9. The molecule has 0 fully saturated rings. The maximum absolute atomic E-state index is 11.7. The number of carboxylic acid groups (broad SMARTS) is 1. The van der Waals surface area contributed by atoms with Crippen LogP contribution in [0.2, 0.25) is 0 Å². The van der Waals surface area contributed by atoms with E-state index in [1.807, 2.05) is 6.07 Å². The molecule has 0 spiro atoms. The highest BCUT2D eigenvalue weighted by molar-refractivity contribution is 5.84. The number of amides is 1. The Bertz CT molecular complexity index is 318. The van der Waals surface area contributed by atoms with Gasteiger partial charge in [0, 0.05) is 19.5 Å². The van der Waals surface area contributed by atoms with E-state index in [0.29, 0.717) is 0 Å². The Morgan fingerprint density at radius 1 is 1.50 bits per heavy atom. The number of rotatable bonds is 5. The maximum atomic E-state index is 11.7. The summed E-state index contributed by atoms with van der Waals surface area (Å²) in [6, 6.07) is 1.79. The van der Waals surface area contributed by atoms with Crippen molar-refractivity contribution in [3.05, 3.63) is 0 Å². The Morgan fingerprint density at radius 2 is 2.00 bits per heavy atom. The molecule has 0 saturated carbocycles. The topological polar surface area (TPSA) is 81.4 Å². The molecule has 1 atom stereocenters. The normalized spacial score (nSPS) is 12.7. The van der Waals surface area contributed by atoms with Crippen LogP contribution >= 0.6 is 0 Å². The summed E-state index contributed by atoms with van der Waals surface area (Å²) in [5.74, 6) is -1.25. The van der Waals surface area contributed by atoms with Gasteiger partial charge in [-0.1, -0.05) is 0 Å². The van der Waals surface area contributed by atoms with Gasteiger partial charge in [0.15, 0.2) is 0 Å². The van der Waals surface area contributed by atoms with Crippen molar-refractivity contribution in [2.75, 3.05) is 7.05 Å². The molecule has 0 aliphatic heterocycles. The number of nitriles is 1. The molecule has 1 amide bonds. The molecule has 0 aromatic carbocycles. The second-order valence-corrected chi connectivity index (χ2v) is 4.58. The molecule has 90 valence electrons. The van der Waals surface area contributed by atoms with Gasteiger partial charge in [-0.3, -0.25) is 9.59 Å². The van der Waals surface area contributed by atoms with Gasteiger partial charge < -0.3 is 10.0 Å². The third-order valence-electron chi connectivity index (χ3n) is 2.61. The summed E-state index contributed by atoms with van der Waals surface area (Å²) in [7, 11) is 1.59. The molecule has 0 aromatic rings. The van der Waals surface area contributed by atoms with Crippen molar-refractivity contribution in [3.63, 3.8) is 0 Å². The molecule has 0 bridgehead atoms. The lowest BCUT2D eigenvalue weighted by Gasteiger charge is -2.26. The molecule has 16 heavy (non-hydrogen) atoms. The summed E-state index contributed by atoms with van der Waals surface area (Å²) < 4.78 is 0. The Balaban J connectivity index is 4.48. The highest BCUT2D eigenvalue weighted by atomic mass is 16.4. The van der Waals surface area contributed by atoms with Gasteiger partial charge in [0.05, 0.1) is 17.9 Å². The summed E-state index contributed by atoms with van der Waals surface area (Å²) in [5.41, 5.74) is -1.07. The average Bonchev–Trinajstić information content (AvgIpc) is 2.15. The minimum atomic E-state index is -1.07. The highest BCUT2D eigenvalue weighted by Crippen LogP contribution is 2.22. The summed E-state index contributed by atoms with van der Waals surface area (Å²) in [4.78, 5) is 24.0. The van der Waals surface area contributed by atoms with Crippen molar-refractivity contribution in [1.29, 1.82) is 5.26 Å². The van der Waals surface area contributed by atoms with Gasteiger partial charge in [-0.15, -0.1) is 0 Å². The van der Waals surface area contributed by atoms with Crippen molar-refractivity contribution in [1.82, 2.24) is 4.90 Å². The van der Waals surface area contributed by atoms with Gasteiger partial charge in [-0.2, -0.15) is 5.26 Å². The van der Waals surface area contributed by atoms with Gasteiger partial charge in [0.1, 0.15) is 0 Å². The molecule has 5 nitrogen and oxygen atoms in total. The van der Waals surface area contributed by atoms with Gasteiger partial charge >= 0.3 is 5.97 Å². The monoisotopic (exact) mass is 226 g/mol. The third-order valence-corrected chi connectivity index (χ3v) is 2.61. The van der Waals surface area contributed by atoms with Crippen LogP contribution in [-0.4, -0.2) is 35.0 Å². The average molecular weight is 226 g/mol. The van der Waals surface area contributed by atoms with E-state index in [-0.39, 0.29) is 24.8 Å². The fraction of sp³-hybridized carbons (Fsp3) is 0.727. The lowest BCUT2D eigenvalue weighted by atomic mass is 9.89. The van der Waals surface area contributed by atoms with Crippen LogP contribution in [0, 0.1) is 16.7 Å². The van der Waals surface area contributed by atoms with Crippen molar-refractivity contribution in [2.24, 2.45) is 5.41 Å². The van der Waals surface area contributed by atoms with Crippen molar-refractivity contribution >= 4 is 11.9 Å². The minimum absolute atomic E-state index is 0.0609. The standard InChI is InChI=1S/C11H18N2O3/c1-8(5-6-12)13(4)9(14)7-11(2,3)10(15)16/h8H,5,7H2,1-4H3,(H,15,16). The molecule has 0 heterocycles. The number of carbonyl (C=O) groups is 2. The van der Waals surface area contributed by atoms with Gasteiger partial charge in [-0.05, 0) is 20.8 Å². The summed E-state index contributed by atoms with van der Waals surface area (Å²) in [6.07, 6.45) is 0.185. The fourth-order valence-corrected chi connectivity index (χ4v) is 1.09. The number of hydrogen-bond acceptors (Lipinski definition) is 3. The number of nitrogens with zero attached hydrogens (tertiary/aromatic N) is 2. The first-order chi connectivity index (χ1) is 7.22. The predicted octanol–water partition coefficient (Wildman–Crippen LogP) is 1.25. The SMILES string of the molecule is CC(CC#N)N(C)C(=O)CC(C)(C)C(=O)O. The number of hydrogen-bond donors (Lipinski definition) is 1. The first-order valence-corrected chi connectivity index (χ1v) is 5.08. The van der Waals surface area contributed by atoms with Gasteiger partial charge in [0.2, 0.25) is 5.91 Å². The van der Waals surface area contributed by atoms with Crippen molar-refractivity contribution in [3.8, 4) is 6.07 Å². The molecule has 0 saturated heterocycles. The first-order valence-electron chi connectivity index (χ1n) is 5.08. The minimum Gasteiger partial charge on any atom is -0.481 e. The summed E-state index contributed by atoms with van der Waals surface area (Å²) >= 11 is 0. The molecule has 0 aliphatic carbocycles. The molecule has 1 unspecified atom stereocenters. The Kier molecular flexibility index (Phi) is 4.96. The lowest BCUT2D eigenvalue weighted by molar-refractivity contribution is -0.151. The third kappa shape index (κ3) is 3.89. The van der Waals surface area contributed by atoms with E-state index in [1.165, 1.54) is 18.7 Å². The van der Waals surface area contributed by atoms with Crippen LogP contribution in [0.3, 0.4) is 0 Å². The second kappa shape index (κ2) is 5.50. The predicted molar refractivity (Wildman–Crippen MR) is 58.5 cm³/mol. The highest BCUT2D eigenvalue weighted by Gasteiger charge is 2.32. The molecule has 5 heteroatoms. The van der Waals surface area contributed by atoms with Crippen LogP contribution in [0.25, 0.3) is 0 Å². The van der Waals surface area contributed by atoms with Crippen LogP contribution in [0.15, 0.2) is 0 Å². The maximum Gasteiger partial charge on any atom is 0.309 e. The smallest absolute Gasteiger partial charge is 0.309 e. The number of aliphatic carboxylic acids is 1. The Hall–Kier alpha value is -1.57. The van der Waals surface area contributed by atoms with Crippen LogP contribution in [0.1, 0.15) is 33.6 Å². The Labute approximate surface area is 95.7 Å². The van der Waals surface area contributed by atoms with Crippen LogP contribution in [0.4, 0.5) is 0 Å². The first kappa shape index (κ1) is 14.4. The van der Waals surface area contributed by atoms with Crippen LogP contribution < -0.4 is 0 Å². The summed E-state index contributed by atoms with van der Waals surface area (Å²) in [6.45, 7) is 4.78. The molecular formula is C11H18N2O3. The number of carboxylic acids is 1. The Morgan fingerprint density at radius 3 is 2.38 bits per heavy atom. The second-order valence-electron chi connectivity index (χ2n) is 4.58. The molecule has 1 N–H and O–H groups in total. The quantitative estimate of drug-likeness (QED) is 0.764. The van der Waals surface area contributed by atoms with Gasteiger partial charge in [-0.25, -0.2) is 0 Å². The van der Waals surface area contributed by atoms with Crippen molar-refractivity contribution < 1.29 is 14.7 Å². The zero-order valence-electron chi connectivity index (χ0n) is 10.1. The van der Waals surface area contributed by atoms with Crippen molar-refractivity contribution in [2.45, 2.75) is 39.7 Å². The van der Waals surface area contributed by atoms with E-state index in [9.17, 15) is 9.59 Å². The van der Waals surface area contributed by atoms with Gasteiger partial charge in [0.25, 0.3) is 0 Å². The van der Waals surface area contributed by atoms with E-state index in [4.69, 9.17) is 10.4 Å². The largest absolute Gasteiger partial charge is 0.481 e. The van der Waals surface area contributed by atoms with E-state index in [0.717, 1.165) is 0 Å². The van der Waals surface area contributed by atoms with Crippen LogP contribution in [-0.2, 0) is 9.59 Å². The molecular weight excluding hydrogens is 208 g/mol. The number of carbonyl (C=O) groups excluding carboxylic acids is 1. The van der Waals surface area contributed by atoms with Crippen LogP contribution in [0.5, 0.6) is 0 Å².